The molecule has 2 N–H and O–H groups in total. The Kier molecular flexibility index (Phi) is 6.49. The van der Waals surface area contributed by atoms with Gasteiger partial charge < -0.3 is 10.6 Å². The van der Waals surface area contributed by atoms with Crippen LogP contribution >= 0.6 is 12.2 Å². The molecule has 0 amide bonds. The molecule has 2 nitrogen and oxygen atoms in total. The summed E-state index contributed by atoms with van der Waals surface area (Å²) < 4.78 is 0. The van der Waals surface area contributed by atoms with Crippen LogP contribution in [-0.2, 0) is 0 Å². The zero-order valence-electron chi connectivity index (χ0n) is 11.7. The first-order valence-electron chi connectivity index (χ1n) is 6.17. The molecule has 0 radical (unpaired) electrons. The molecule has 0 saturated heterocycles. The first-order chi connectivity index (χ1) is 7.16. The highest BCUT2D eigenvalue weighted by molar-refractivity contribution is 7.80. The number of nitrogens with two attached hydrogens (primary N) is 1. The van der Waals surface area contributed by atoms with Crippen molar-refractivity contribution in [3.05, 3.63) is 0 Å². The van der Waals surface area contributed by atoms with Gasteiger partial charge >= 0.3 is 0 Å². The Hall–Kier alpha value is -0.150. The Morgan fingerprint density at radius 2 is 1.81 bits per heavy atom. The molecule has 0 aromatic rings. The zero-order chi connectivity index (χ0) is 12.9. The van der Waals surface area contributed by atoms with E-state index in [0.29, 0.717) is 11.0 Å². The predicted octanol–water partition coefficient (Wildman–Crippen LogP) is 3.06. The minimum absolute atomic E-state index is 0.0266. The molecule has 3 heteroatoms. The Labute approximate surface area is 107 Å². The molecular weight excluding hydrogens is 216 g/mol. The molecule has 0 heterocycles. The van der Waals surface area contributed by atoms with Gasteiger partial charge in [-0.3, -0.25) is 0 Å². The maximum Gasteiger partial charge on any atom is 0.0784 e. The summed E-state index contributed by atoms with van der Waals surface area (Å²) in [6.07, 6.45) is 2.27. The Morgan fingerprint density at radius 3 is 2.19 bits per heavy atom. The van der Waals surface area contributed by atoms with Crippen LogP contribution in [0.1, 0.15) is 47.5 Å². The van der Waals surface area contributed by atoms with Crippen molar-refractivity contribution in [3.63, 3.8) is 0 Å². The van der Waals surface area contributed by atoms with Crippen LogP contribution in [0.4, 0.5) is 0 Å². The third kappa shape index (κ3) is 5.80. The molecule has 0 bridgehead atoms. The van der Waals surface area contributed by atoms with E-state index < -0.39 is 0 Å². The Morgan fingerprint density at radius 1 is 1.31 bits per heavy atom. The monoisotopic (exact) mass is 244 g/mol. The van der Waals surface area contributed by atoms with E-state index in [1.807, 2.05) is 0 Å². The van der Waals surface area contributed by atoms with Gasteiger partial charge in [0, 0.05) is 11.5 Å². The van der Waals surface area contributed by atoms with E-state index in [-0.39, 0.29) is 5.41 Å². The summed E-state index contributed by atoms with van der Waals surface area (Å²) in [7, 11) is 2.18. The zero-order valence-corrected chi connectivity index (χ0v) is 12.5. The number of nitrogens with zero attached hydrogens (tertiary/aromatic N) is 1. The van der Waals surface area contributed by atoms with Crippen molar-refractivity contribution < 1.29 is 0 Å². The van der Waals surface area contributed by atoms with Crippen LogP contribution in [0.25, 0.3) is 0 Å². The average molecular weight is 244 g/mol. The molecule has 0 aliphatic heterocycles. The van der Waals surface area contributed by atoms with E-state index in [9.17, 15) is 0 Å². The van der Waals surface area contributed by atoms with Gasteiger partial charge in [-0.05, 0) is 39.3 Å². The predicted molar refractivity (Wildman–Crippen MR) is 76.7 cm³/mol. The SMILES string of the molecule is CC(C)CC(C)N(C)CCC(C)(C)C(N)=S. The molecule has 0 rings (SSSR count). The van der Waals surface area contributed by atoms with Gasteiger partial charge in [0.2, 0.25) is 0 Å². The highest BCUT2D eigenvalue weighted by Gasteiger charge is 2.22. The fourth-order valence-electron chi connectivity index (χ4n) is 1.66. The lowest BCUT2D eigenvalue weighted by molar-refractivity contribution is 0.209. The molecule has 0 aromatic heterocycles. The van der Waals surface area contributed by atoms with Gasteiger partial charge in [-0.1, -0.05) is 39.9 Å². The number of hydrogen-bond acceptors (Lipinski definition) is 2. The Balaban J connectivity index is 4.06. The molecule has 1 atom stereocenters. The van der Waals surface area contributed by atoms with Crippen molar-refractivity contribution in [2.75, 3.05) is 13.6 Å². The molecular formula is C13H28N2S. The van der Waals surface area contributed by atoms with E-state index in [0.717, 1.165) is 18.9 Å². The molecule has 16 heavy (non-hydrogen) atoms. The fourth-order valence-corrected chi connectivity index (χ4v) is 1.76. The second-order valence-corrected chi connectivity index (χ2v) is 6.40. The van der Waals surface area contributed by atoms with Gasteiger partial charge in [-0.25, -0.2) is 0 Å². The van der Waals surface area contributed by atoms with Crippen molar-refractivity contribution in [3.8, 4) is 0 Å². The maximum atomic E-state index is 5.73. The molecule has 0 fully saturated rings. The third-order valence-electron chi connectivity index (χ3n) is 3.32. The fraction of sp³-hybridized carbons (Fsp3) is 0.923. The first-order valence-corrected chi connectivity index (χ1v) is 6.57. The van der Waals surface area contributed by atoms with Crippen LogP contribution in [0.3, 0.4) is 0 Å². The molecule has 0 saturated carbocycles. The molecule has 0 aromatic carbocycles. The summed E-state index contributed by atoms with van der Waals surface area (Å²) in [6, 6.07) is 0.627. The summed E-state index contributed by atoms with van der Waals surface area (Å²) in [5, 5.41) is 0. The van der Waals surface area contributed by atoms with Crippen molar-refractivity contribution in [1.82, 2.24) is 4.90 Å². The second-order valence-electron chi connectivity index (χ2n) is 5.96. The molecule has 0 spiro atoms. The van der Waals surface area contributed by atoms with Crippen molar-refractivity contribution in [2.24, 2.45) is 17.1 Å². The normalized spacial score (nSPS) is 14.5. The topological polar surface area (TPSA) is 29.3 Å². The Bertz CT molecular complexity index is 224. The van der Waals surface area contributed by atoms with Crippen LogP contribution in [0.2, 0.25) is 0 Å². The van der Waals surface area contributed by atoms with Gasteiger partial charge in [0.1, 0.15) is 0 Å². The van der Waals surface area contributed by atoms with Gasteiger partial charge in [-0.15, -0.1) is 0 Å². The standard InChI is InChI=1S/C13H28N2S/c1-10(2)9-11(3)15(6)8-7-13(4,5)12(14)16/h10-11H,7-9H2,1-6H3,(H2,14,16). The second kappa shape index (κ2) is 6.55. The van der Waals surface area contributed by atoms with E-state index in [1.54, 1.807) is 0 Å². The maximum absolute atomic E-state index is 5.73. The van der Waals surface area contributed by atoms with Crippen LogP contribution in [0.5, 0.6) is 0 Å². The van der Waals surface area contributed by atoms with Gasteiger partial charge in [0.15, 0.2) is 0 Å². The van der Waals surface area contributed by atoms with Crippen LogP contribution in [0, 0.1) is 11.3 Å². The summed E-state index contributed by atoms with van der Waals surface area (Å²) in [4.78, 5) is 3.03. The highest BCUT2D eigenvalue weighted by atomic mass is 32.1. The smallest absolute Gasteiger partial charge is 0.0784 e. The van der Waals surface area contributed by atoms with E-state index in [1.165, 1.54) is 6.42 Å². The van der Waals surface area contributed by atoms with Crippen LogP contribution in [0.15, 0.2) is 0 Å². The lowest BCUT2D eigenvalue weighted by atomic mass is 9.89. The van der Waals surface area contributed by atoms with Gasteiger partial charge in [0.25, 0.3) is 0 Å². The minimum atomic E-state index is -0.0266. The van der Waals surface area contributed by atoms with Crippen molar-refractivity contribution in [2.45, 2.75) is 53.5 Å². The van der Waals surface area contributed by atoms with Crippen LogP contribution < -0.4 is 5.73 Å². The van der Waals surface area contributed by atoms with Crippen molar-refractivity contribution in [1.29, 1.82) is 0 Å². The summed E-state index contributed by atoms with van der Waals surface area (Å²) in [6.45, 7) is 12.1. The molecule has 0 aliphatic carbocycles. The lowest BCUT2D eigenvalue weighted by Gasteiger charge is -2.30. The molecule has 1 unspecified atom stereocenters. The highest BCUT2D eigenvalue weighted by Crippen LogP contribution is 2.21. The summed E-state index contributed by atoms with van der Waals surface area (Å²) in [5.74, 6) is 0.751. The van der Waals surface area contributed by atoms with Crippen molar-refractivity contribution >= 4 is 17.2 Å². The molecule has 0 aliphatic rings. The first kappa shape index (κ1) is 15.9. The minimum Gasteiger partial charge on any atom is -0.393 e. The van der Waals surface area contributed by atoms with E-state index in [4.69, 9.17) is 18.0 Å². The van der Waals surface area contributed by atoms with Gasteiger partial charge in [0.05, 0.1) is 4.99 Å². The van der Waals surface area contributed by atoms with Crippen LogP contribution in [-0.4, -0.2) is 29.5 Å². The quantitative estimate of drug-likeness (QED) is 0.698. The average Bonchev–Trinajstić information content (AvgIpc) is 2.12. The molecule has 96 valence electrons. The number of hydrogen-bond donors (Lipinski definition) is 1. The lowest BCUT2D eigenvalue weighted by Crippen LogP contribution is -2.37. The van der Waals surface area contributed by atoms with E-state index in [2.05, 4.69) is 46.6 Å². The number of thiocarbonyl (C=S) groups is 1. The largest absolute Gasteiger partial charge is 0.393 e. The summed E-state index contributed by atoms with van der Waals surface area (Å²) in [5.41, 5.74) is 5.70. The summed E-state index contributed by atoms with van der Waals surface area (Å²) >= 11 is 5.08. The number of rotatable bonds is 7. The van der Waals surface area contributed by atoms with E-state index >= 15 is 0 Å². The van der Waals surface area contributed by atoms with Gasteiger partial charge in [-0.2, -0.15) is 0 Å². The third-order valence-corrected chi connectivity index (χ3v) is 3.87.